The van der Waals surface area contributed by atoms with Crippen LogP contribution in [0.4, 0.5) is 11.4 Å². The molecule has 122 valence electrons. The summed E-state index contributed by atoms with van der Waals surface area (Å²) in [6, 6.07) is 17.1. The second-order valence-corrected chi connectivity index (χ2v) is 5.22. The second kappa shape index (κ2) is 6.95. The van der Waals surface area contributed by atoms with Gasteiger partial charge in [0, 0.05) is 12.7 Å². The number of hydrogen-bond donors (Lipinski definition) is 0. The second-order valence-electron chi connectivity index (χ2n) is 5.22. The molecule has 6 heteroatoms. The van der Waals surface area contributed by atoms with Gasteiger partial charge >= 0.3 is 5.97 Å². The Kier molecular flexibility index (Phi) is 4.56. The molecule has 1 aromatic heterocycles. The Morgan fingerprint density at radius 1 is 1.12 bits per heavy atom. The van der Waals surface area contributed by atoms with Crippen molar-refractivity contribution in [1.82, 2.24) is 10.1 Å². The van der Waals surface area contributed by atoms with Gasteiger partial charge in [0.2, 0.25) is 0 Å². The molecule has 3 aromatic rings. The van der Waals surface area contributed by atoms with Crippen molar-refractivity contribution in [3.63, 3.8) is 0 Å². The summed E-state index contributed by atoms with van der Waals surface area (Å²) >= 11 is 0. The third kappa shape index (κ3) is 3.43. The number of hydrogen-bond acceptors (Lipinski definition) is 6. The lowest BCUT2D eigenvalue weighted by molar-refractivity contribution is 0.0430. The predicted molar refractivity (Wildman–Crippen MR) is 89.1 cm³/mol. The van der Waals surface area contributed by atoms with E-state index >= 15 is 0 Å². The molecule has 0 N–H and O–H groups in total. The van der Waals surface area contributed by atoms with Gasteiger partial charge < -0.3 is 14.2 Å². The molecular formula is C18H17N3O3. The number of esters is 1. The first-order chi connectivity index (χ1) is 11.6. The average Bonchev–Trinajstić information content (AvgIpc) is 3.05. The number of carbonyl (C=O) groups excluding carboxylic acids is 1. The zero-order valence-electron chi connectivity index (χ0n) is 13.5. The molecule has 0 spiro atoms. The molecule has 0 unspecified atom stereocenters. The van der Waals surface area contributed by atoms with Crippen LogP contribution < -0.4 is 4.90 Å². The highest BCUT2D eigenvalue weighted by molar-refractivity contribution is 5.96. The largest absolute Gasteiger partial charge is 0.452 e. The van der Waals surface area contributed by atoms with E-state index in [0.717, 1.165) is 11.4 Å². The van der Waals surface area contributed by atoms with Crippen LogP contribution in [0.1, 0.15) is 22.1 Å². The van der Waals surface area contributed by atoms with Crippen LogP contribution in [0, 0.1) is 6.92 Å². The van der Waals surface area contributed by atoms with E-state index in [1.807, 2.05) is 54.4 Å². The Hall–Kier alpha value is -3.15. The normalized spacial score (nSPS) is 10.4. The van der Waals surface area contributed by atoms with Gasteiger partial charge in [-0.2, -0.15) is 4.98 Å². The lowest BCUT2D eigenvalue weighted by Crippen LogP contribution is -2.15. The maximum absolute atomic E-state index is 12.4. The van der Waals surface area contributed by atoms with Gasteiger partial charge in [0.15, 0.2) is 12.4 Å². The van der Waals surface area contributed by atoms with Crippen molar-refractivity contribution in [3.05, 3.63) is 71.9 Å². The Morgan fingerprint density at radius 2 is 1.83 bits per heavy atom. The van der Waals surface area contributed by atoms with Crippen molar-refractivity contribution >= 4 is 17.3 Å². The molecule has 3 rings (SSSR count). The van der Waals surface area contributed by atoms with Crippen LogP contribution in [-0.2, 0) is 11.3 Å². The first-order valence-electron chi connectivity index (χ1n) is 7.49. The van der Waals surface area contributed by atoms with Crippen LogP contribution >= 0.6 is 0 Å². The third-order valence-electron chi connectivity index (χ3n) is 3.53. The fourth-order valence-electron chi connectivity index (χ4n) is 2.33. The smallest absolute Gasteiger partial charge is 0.340 e. The van der Waals surface area contributed by atoms with Crippen LogP contribution in [0.2, 0.25) is 0 Å². The van der Waals surface area contributed by atoms with E-state index in [-0.39, 0.29) is 12.5 Å². The van der Waals surface area contributed by atoms with E-state index in [0.29, 0.717) is 11.4 Å². The molecule has 0 aliphatic rings. The fraction of sp³-hybridized carbons (Fsp3) is 0.167. The summed E-state index contributed by atoms with van der Waals surface area (Å²) in [5, 5.41) is 3.67. The van der Waals surface area contributed by atoms with Crippen molar-refractivity contribution in [3.8, 4) is 0 Å². The number of ether oxygens (including phenoxy) is 1. The molecule has 0 aliphatic heterocycles. The molecule has 1 heterocycles. The molecule has 0 amide bonds. The van der Waals surface area contributed by atoms with E-state index in [2.05, 4.69) is 10.1 Å². The van der Waals surface area contributed by atoms with Crippen LogP contribution in [0.15, 0.2) is 59.1 Å². The predicted octanol–water partition coefficient (Wildman–Crippen LogP) is 3.50. The molecule has 0 saturated heterocycles. The highest BCUT2D eigenvalue weighted by atomic mass is 16.6. The molecule has 0 fully saturated rings. The van der Waals surface area contributed by atoms with Gasteiger partial charge in [-0.05, 0) is 31.2 Å². The van der Waals surface area contributed by atoms with Crippen molar-refractivity contribution < 1.29 is 14.1 Å². The summed E-state index contributed by atoms with van der Waals surface area (Å²) in [7, 11) is 1.91. The summed E-state index contributed by atoms with van der Waals surface area (Å²) in [6.07, 6.45) is 0. The van der Waals surface area contributed by atoms with Crippen LogP contribution in [-0.4, -0.2) is 23.2 Å². The number of nitrogens with zero attached hydrogens (tertiary/aromatic N) is 3. The van der Waals surface area contributed by atoms with Gasteiger partial charge in [-0.15, -0.1) is 0 Å². The van der Waals surface area contributed by atoms with Gasteiger partial charge in [0.05, 0.1) is 11.3 Å². The molecule has 0 saturated carbocycles. The summed E-state index contributed by atoms with van der Waals surface area (Å²) < 4.78 is 10.2. The quantitative estimate of drug-likeness (QED) is 0.669. The van der Waals surface area contributed by atoms with Gasteiger partial charge in [-0.3, -0.25) is 0 Å². The van der Waals surface area contributed by atoms with Crippen LogP contribution in [0.25, 0.3) is 0 Å². The third-order valence-corrected chi connectivity index (χ3v) is 3.53. The zero-order valence-corrected chi connectivity index (χ0v) is 13.5. The molecule has 24 heavy (non-hydrogen) atoms. The minimum atomic E-state index is -0.441. The molecule has 6 nitrogen and oxygen atoms in total. The van der Waals surface area contributed by atoms with Gasteiger partial charge in [-0.1, -0.05) is 35.5 Å². The molecule has 2 aromatic carbocycles. The highest BCUT2D eigenvalue weighted by Crippen LogP contribution is 2.27. The van der Waals surface area contributed by atoms with E-state index in [1.165, 1.54) is 0 Å². The lowest BCUT2D eigenvalue weighted by Gasteiger charge is -2.21. The minimum Gasteiger partial charge on any atom is -0.452 e. The van der Waals surface area contributed by atoms with Crippen LogP contribution in [0.5, 0.6) is 0 Å². The van der Waals surface area contributed by atoms with Crippen molar-refractivity contribution in [1.29, 1.82) is 0 Å². The summed E-state index contributed by atoms with van der Waals surface area (Å²) in [4.78, 5) is 18.4. The Balaban J connectivity index is 1.79. The van der Waals surface area contributed by atoms with Gasteiger partial charge in [0.1, 0.15) is 0 Å². The van der Waals surface area contributed by atoms with Crippen LogP contribution in [0.3, 0.4) is 0 Å². The number of para-hydroxylation sites is 2. The maximum atomic E-state index is 12.4. The van der Waals surface area contributed by atoms with E-state index in [9.17, 15) is 4.79 Å². The SMILES string of the molecule is Cc1noc(COC(=O)c2ccccc2N(C)c2ccccc2)n1. The number of rotatable bonds is 5. The van der Waals surface area contributed by atoms with E-state index in [1.54, 1.807) is 19.1 Å². The van der Waals surface area contributed by atoms with E-state index < -0.39 is 5.97 Å². The molecular weight excluding hydrogens is 306 g/mol. The molecule has 0 radical (unpaired) electrons. The summed E-state index contributed by atoms with van der Waals surface area (Å²) in [5.41, 5.74) is 2.21. The summed E-state index contributed by atoms with van der Waals surface area (Å²) in [5.74, 6) is 0.337. The molecule has 0 aliphatic carbocycles. The first-order valence-corrected chi connectivity index (χ1v) is 7.49. The van der Waals surface area contributed by atoms with Crippen molar-refractivity contribution in [2.24, 2.45) is 0 Å². The highest BCUT2D eigenvalue weighted by Gasteiger charge is 2.17. The van der Waals surface area contributed by atoms with E-state index in [4.69, 9.17) is 9.26 Å². The maximum Gasteiger partial charge on any atom is 0.340 e. The standard InChI is InChI=1S/C18H17N3O3/c1-13-19-17(24-20-13)12-23-18(22)15-10-6-7-11-16(15)21(2)14-8-4-3-5-9-14/h3-11H,12H2,1-2H3. The topological polar surface area (TPSA) is 68.5 Å². The summed E-state index contributed by atoms with van der Waals surface area (Å²) in [6.45, 7) is 1.65. The Morgan fingerprint density at radius 3 is 2.54 bits per heavy atom. The molecule has 0 atom stereocenters. The zero-order chi connectivity index (χ0) is 16.9. The number of carbonyl (C=O) groups is 1. The average molecular weight is 323 g/mol. The Labute approximate surface area is 139 Å². The Bertz CT molecular complexity index is 830. The fourth-order valence-corrected chi connectivity index (χ4v) is 2.33. The minimum absolute atomic E-state index is 0.0525. The van der Waals surface area contributed by atoms with Gasteiger partial charge in [0.25, 0.3) is 5.89 Å². The first kappa shape index (κ1) is 15.7. The van der Waals surface area contributed by atoms with Crippen molar-refractivity contribution in [2.45, 2.75) is 13.5 Å². The number of anilines is 2. The van der Waals surface area contributed by atoms with Gasteiger partial charge in [-0.25, -0.2) is 4.79 Å². The lowest BCUT2D eigenvalue weighted by atomic mass is 10.1. The number of benzene rings is 2. The number of aromatic nitrogens is 2. The number of aryl methyl sites for hydroxylation is 1. The molecule has 0 bridgehead atoms. The monoisotopic (exact) mass is 323 g/mol. The van der Waals surface area contributed by atoms with Crippen molar-refractivity contribution in [2.75, 3.05) is 11.9 Å².